The number of hydrogen-bond acceptors (Lipinski definition) is 2. The second kappa shape index (κ2) is 4.28. The Morgan fingerprint density at radius 2 is 1.65 bits per heavy atom. The highest BCUT2D eigenvalue weighted by Gasteiger charge is 2.51. The van der Waals surface area contributed by atoms with E-state index in [1.54, 1.807) is 0 Å². The first-order valence-electron chi connectivity index (χ1n) is 7.13. The van der Waals surface area contributed by atoms with Gasteiger partial charge in [-0.2, -0.15) is 5.26 Å². The van der Waals surface area contributed by atoms with Gasteiger partial charge in [-0.05, 0) is 57.3 Å². The predicted octanol–water partition coefficient (Wildman–Crippen LogP) is 3.79. The Labute approximate surface area is 105 Å². The van der Waals surface area contributed by atoms with Gasteiger partial charge in [0.05, 0.1) is 17.1 Å². The monoisotopic (exact) mass is 235 g/mol. The van der Waals surface area contributed by atoms with Gasteiger partial charge >= 0.3 is 0 Å². The highest BCUT2D eigenvalue weighted by atomic mass is 16.3. The van der Waals surface area contributed by atoms with E-state index in [1.165, 1.54) is 25.7 Å². The van der Waals surface area contributed by atoms with Crippen LogP contribution < -0.4 is 0 Å². The zero-order valence-electron chi connectivity index (χ0n) is 11.3. The van der Waals surface area contributed by atoms with E-state index in [0.717, 1.165) is 32.1 Å². The van der Waals surface area contributed by atoms with E-state index in [4.69, 9.17) is 0 Å². The molecule has 2 saturated carbocycles. The lowest BCUT2D eigenvalue weighted by atomic mass is 9.59. The third kappa shape index (κ3) is 1.99. The molecule has 0 aromatic heterocycles. The summed E-state index contributed by atoms with van der Waals surface area (Å²) in [4.78, 5) is 0. The molecule has 2 nitrogen and oxygen atoms in total. The van der Waals surface area contributed by atoms with E-state index in [2.05, 4.69) is 6.07 Å². The predicted molar refractivity (Wildman–Crippen MR) is 68.3 cm³/mol. The van der Waals surface area contributed by atoms with Crippen molar-refractivity contribution in [3.05, 3.63) is 0 Å². The van der Waals surface area contributed by atoms with Crippen LogP contribution in [0, 0.1) is 22.2 Å². The molecule has 0 bridgehead atoms. The van der Waals surface area contributed by atoms with Gasteiger partial charge in [0, 0.05) is 0 Å². The Balaban J connectivity index is 2.09. The van der Waals surface area contributed by atoms with Crippen LogP contribution in [0.4, 0.5) is 0 Å². The van der Waals surface area contributed by atoms with Crippen LogP contribution in [0.1, 0.15) is 71.6 Å². The van der Waals surface area contributed by atoms with E-state index < -0.39 is 11.0 Å². The van der Waals surface area contributed by atoms with Gasteiger partial charge in [0.15, 0.2) is 0 Å². The van der Waals surface area contributed by atoms with Gasteiger partial charge in [-0.15, -0.1) is 0 Å². The van der Waals surface area contributed by atoms with E-state index in [1.807, 2.05) is 13.8 Å². The van der Waals surface area contributed by atoms with E-state index in [9.17, 15) is 10.4 Å². The summed E-state index contributed by atoms with van der Waals surface area (Å²) >= 11 is 0. The Hall–Kier alpha value is -0.550. The molecule has 0 aliphatic heterocycles. The first-order valence-corrected chi connectivity index (χ1v) is 7.13. The summed E-state index contributed by atoms with van der Waals surface area (Å²) in [5.41, 5.74) is -0.784. The summed E-state index contributed by atoms with van der Waals surface area (Å²) in [7, 11) is 0. The number of hydrogen-bond donors (Lipinski definition) is 1. The summed E-state index contributed by atoms with van der Waals surface area (Å²) in [6.07, 6.45) is 10.1. The number of nitrogens with zero attached hydrogens (tertiary/aromatic N) is 1. The molecule has 0 aromatic carbocycles. The van der Waals surface area contributed by atoms with Crippen LogP contribution in [0.25, 0.3) is 0 Å². The van der Waals surface area contributed by atoms with Gasteiger partial charge in [-0.25, -0.2) is 0 Å². The Morgan fingerprint density at radius 3 is 2.06 bits per heavy atom. The molecule has 2 heteroatoms. The fourth-order valence-corrected chi connectivity index (χ4v) is 3.88. The molecule has 2 aliphatic carbocycles. The average Bonchev–Trinajstić information content (AvgIpc) is 2.81. The zero-order chi connectivity index (χ0) is 12.6. The van der Waals surface area contributed by atoms with Crippen molar-refractivity contribution in [1.29, 1.82) is 5.26 Å². The summed E-state index contributed by atoms with van der Waals surface area (Å²) in [5, 5.41) is 20.2. The van der Waals surface area contributed by atoms with Gasteiger partial charge in [-0.3, -0.25) is 0 Å². The van der Waals surface area contributed by atoms with Crippen molar-refractivity contribution in [3.63, 3.8) is 0 Å². The molecule has 1 spiro atoms. The molecule has 0 heterocycles. The van der Waals surface area contributed by atoms with Gasteiger partial charge in [0.2, 0.25) is 0 Å². The number of rotatable bonds is 2. The summed E-state index contributed by atoms with van der Waals surface area (Å²) < 4.78 is 0. The van der Waals surface area contributed by atoms with E-state index >= 15 is 0 Å². The molecular weight excluding hydrogens is 210 g/mol. The lowest BCUT2D eigenvalue weighted by Crippen LogP contribution is -2.49. The first kappa shape index (κ1) is 12.9. The molecule has 0 aromatic rings. The van der Waals surface area contributed by atoms with Crippen LogP contribution in [0.15, 0.2) is 0 Å². The minimum Gasteiger partial charge on any atom is -0.388 e. The van der Waals surface area contributed by atoms with Crippen molar-refractivity contribution in [1.82, 2.24) is 0 Å². The van der Waals surface area contributed by atoms with Crippen molar-refractivity contribution in [2.75, 3.05) is 0 Å². The van der Waals surface area contributed by atoms with Gasteiger partial charge in [-0.1, -0.05) is 19.8 Å². The van der Waals surface area contributed by atoms with Gasteiger partial charge in [0.1, 0.15) is 0 Å². The van der Waals surface area contributed by atoms with Crippen molar-refractivity contribution in [3.8, 4) is 6.07 Å². The third-order valence-electron chi connectivity index (χ3n) is 5.78. The molecule has 1 N–H and O–H groups in total. The number of nitriles is 1. The van der Waals surface area contributed by atoms with Crippen LogP contribution in [0.5, 0.6) is 0 Å². The second-order valence-electron chi connectivity index (χ2n) is 6.54. The van der Waals surface area contributed by atoms with Crippen LogP contribution in [-0.2, 0) is 0 Å². The average molecular weight is 235 g/mol. The van der Waals surface area contributed by atoms with Crippen molar-refractivity contribution >= 4 is 0 Å². The first-order chi connectivity index (χ1) is 7.99. The second-order valence-corrected chi connectivity index (χ2v) is 6.54. The minimum atomic E-state index is -0.746. The lowest BCUT2D eigenvalue weighted by molar-refractivity contribution is -0.1000. The molecule has 1 unspecified atom stereocenters. The topological polar surface area (TPSA) is 44.0 Å². The largest absolute Gasteiger partial charge is 0.388 e. The van der Waals surface area contributed by atoms with Gasteiger partial charge in [0.25, 0.3) is 0 Å². The molecule has 96 valence electrons. The van der Waals surface area contributed by atoms with E-state index in [-0.39, 0.29) is 0 Å². The smallest absolute Gasteiger partial charge is 0.0830 e. The van der Waals surface area contributed by atoms with Crippen LogP contribution in [-0.4, -0.2) is 10.7 Å². The fraction of sp³-hybridized carbons (Fsp3) is 0.933. The lowest BCUT2D eigenvalue weighted by Gasteiger charge is -2.48. The molecular formula is C15H25NO. The highest BCUT2D eigenvalue weighted by molar-refractivity contribution is 5.11. The maximum Gasteiger partial charge on any atom is 0.0830 e. The molecule has 2 rings (SSSR count). The molecule has 2 fully saturated rings. The van der Waals surface area contributed by atoms with E-state index in [0.29, 0.717) is 5.41 Å². The molecule has 17 heavy (non-hydrogen) atoms. The fourth-order valence-electron chi connectivity index (χ4n) is 3.88. The molecule has 1 atom stereocenters. The zero-order valence-corrected chi connectivity index (χ0v) is 11.3. The summed E-state index contributed by atoms with van der Waals surface area (Å²) in [6.45, 7) is 3.95. The van der Waals surface area contributed by atoms with Crippen molar-refractivity contribution < 1.29 is 5.11 Å². The molecule has 0 saturated heterocycles. The Bertz CT molecular complexity index is 314. The van der Waals surface area contributed by atoms with Crippen molar-refractivity contribution in [2.45, 2.75) is 77.2 Å². The summed E-state index contributed by atoms with van der Waals surface area (Å²) in [5.74, 6) is 0. The summed E-state index contributed by atoms with van der Waals surface area (Å²) in [6, 6.07) is 2.37. The SMILES string of the molecule is CCC(C)(C#N)C1(O)CCC2(CCCC2)CC1. The van der Waals surface area contributed by atoms with Crippen LogP contribution in [0.2, 0.25) is 0 Å². The maximum atomic E-state index is 10.8. The molecule has 2 aliphatic rings. The quantitative estimate of drug-likeness (QED) is 0.791. The molecule has 0 amide bonds. The normalized spacial score (nSPS) is 29.8. The Kier molecular flexibility index (Phi) is 3.25. The third-order valence-corrected chi connectivity index (χ3v) is 5.78. The van der Waals surface area contributed by atoms with Crippen LogP contribution >= 0.6 is 0 Å². The van der Waals surface area contributed by atoms with Gasteiger partial charge < -0.3 is 5.11 Å². The van der Waals surface area contributed by atoms with Crippen molar-refractivity contribution in [2.24, 2.45) is 10.8 Å². The highest BCUT2D eigenvalue weighted by Crippen LogP contribution is 2.55. The standard InChI is InChI=1S/C15H25NO/c1-3-13(2,12-16)15(17)10-8-14(9-11-15)6-4-5-7-14/h17H,3-11H2,1-2H3. The minimum absolute atomic E-state index is 0.524. The van der Waals surface area contributed by atoms with Crippen LogP contribution in [0.3, 0.4) is 0 Å². The molecule has 0 radical (unpaired) electrons. The number of aliphatic hydroxyl groups is 1. The maximum absolute atomic E-state index is 10.8. The Morgan fingerprint density at radius 1 is 1.12 bits per heavy atom.